The Bertz CT molecular complexity index is 428. The highest BCUT2D eigenvalue weighted by molar-refractivity contribution is 14.1. The molecule has 1 aliphatic rings. The molecule has 2 amide bonds. The van der Waals surface area contributed by atoms with Crippen molar-refractivity contribution in [3.63, 3.8) is 0 Å². The van der Waals surface area contributed by atoms with E-state index >= 15 is 0 Å². The first-order valence-corrected chi connectivity index (χ1v) is 9.29. The Morgan fingerprint density at radius 3 is 2.32 bits per heavy atom. The molecule has 0 aromatic rings. The summed E-state index contributed by atoms with van der Waals surface area (Å²) < 4.78 is 5.68. The zero-order chi connectivity index (χ0) is 17.1. The van der Waals surface area contributed by atoms with E-state index < -0.39 is 16.5 Å². The Labute approximate surface area is 151 Å². The number of carbonyl (C=O) groups is 2. The number of halogens is 2. The fourth-order valence-corrected chi connectivity index (χ4v) is 4.08. The normalized spacial score (nSPS) is 24.1. The predicted molar refractivity (Wildman–Crippen MR) is 96.9 cm³/mol. The number of hydrogen-bond acceptors (Lipinski definition) is 3. The van der Waals surface area contributed by atoms with E-state index in [2.05, 4.69) is 29.5 Å². The molecular weight excluding hydrogens is 419 g/mol. The van der Waals surface area contributed by atoms with Gasteiger partial charge in [-0.05, 0) is 45.2 Å². The van der Waals surface area contributed by atoms with E-state index in [0.717, 1.165) is 12.8 Å². The Morgan fingerprint density at radius 1 is 1.32 bits per heavy atom. The molecule has 7 heteroatoms. The summed E-state index contributed by atoms with van der Waals surface area (Å²) in [7, 11) is 0. The first kappa shape index (κ1) is 19.8. The molecule has 1 rings (SSSR count). The minimum Gasteiger partial charge on any atom is -0.444 e. The smallest absolute Gasteiger partial charge is 0.410 e. The summed E-state index contributed by atoms with van der Waals surface area (Å²) >= 11 is 8.16. The van der Waals surface area contributed by atoms with Gasteiger partial charge in [-0.25, -0.2) is 4.79 Å². The quantitative estimate of drug-likeness (QED) is 0.283. The average Bonchev–Trinajstić information content (AvgIpc) is 2.43. The molecule has 128 valence electrons. The molecule has 0 N–H and O–H groups in total. The van der Waals surface area contributed by atoms with Crippen LogP contribution in [0.3, 0.4) is 0 Å². The van der Waals surface area contributed by atoms with Crippen molar-refractivity contribution < 1.29 is 14.3 Å². The van der Waals surface area contributed by atoms with Crippen LogP contribution >= 0.6 is 34.2 Å². The summed E-state index contributed by atoms with van der Waals surface area (Å²) in [6, 6.07) is 0. The average molecular weight is 445 g/mol. The van der Waals surface area contributed by atoms with Gasteiger partial charge in [-0.2, -0.15) is 0 Å². The second kappa shape index (κ2) is 7.55. The van der Waals surface area contributed by atoms with Crippen molar-refractivity contribution in [1.82, 2.24) is 9.80 Å². The van der Waals surface area contributed by atoms with Gasteiger partial charge in [0.2, 0.25) is 0 Å². The molecule has 0 aliphatic carbocycles. The molecule has 1 heterocycles. The number of ether oxygens (including phenoxy) is 1. The number of nitrogens with zero attached hydrogens (tertiary/aromatic N) is 2. The van der Waals surface area contributed by atoms with E-state index in [9.17, 15) is 9.59 Å². The van der Waals surface area contributed by atoms with Gasteiger partial charge in [-0.1, -0.05) is 36.4 Å². The molecule has 0 aromatic carbocycles. The van der Waals surface area contributed by atoms with Crippen molar-refractivity contribution in [3.05, 3.63) is 0 Å². The molecule has 1 saturated heterocycles. The Balaban J connectivity index is 3.03. The minimum atomic E-state index is -0.528. The van der Waals surface area contributed by atoms with Crippen LogP contribution in [0.25, 0.3) is 0 Å². The number of piperazine rings is 1. The molecule has 0 radical (unpaired) electrons. The third-order valence-electron chi connectivity index (χ3n) is 4.01. The van der Waals surface area contributed by atoms with Gasteiger partial charge in [0.15, 0.2) is 0 Å². The number of carbonyl (C=O) groups excluding carboxylic acids is 2. The van der Waals surface area contributed by atoms with Crippen molar-refractivity contribution in [2.45, 2.75) is 62.5 Å². The highest BCUT2D eigenvalue weighted by atomic mass is 127. The van der Waals surface area contributed by atoms with Crippen molar-refractivity contribution >= 4 is 45.7 Å². The van der Waals surface area contributed by atoms with Crippen LogP contribution in [-0.4, -0.2) is 56.0 Å². The van der Waals surface area contributed by atoms with Crippen molar-refractivity contribution in [1.29, 1.82) is 0 Å². The van der Waals surface area contributed by atoms with Crippen LogP contribution < -0.4 is 0 Å². The topological polar surface area (TPSA) is 49.9 Å². The number of alkyl halides is 1. The zero-order valence-electron chi connectivity index (χ0n) is 14.0. The van der Waals surface area contributed by atoms with Crippen LogP contribution in [0, 0.1) is 0 Å². The summed E-state index contributed by atoms with van der Waals surface area (Å²) in [6.45, 7) is 11.0. The van der Waals surface area contributed by atoms with Crippen LogP contribution in [-0.2, 0) is 4.74 Å². The van der Waals surface area contributed by atoms with Crippen LogP contribution in [0.4, 0.5) is 9.59 Å². The fourth-order valence-electron chi connectivity index (χ4n) is 2.86. The molecule has 2 unspecified atom stereocenters. The van der Waals surface area contributed by atoms with Gasteiger partial charge in [-0.15, -0.1) is 0 Å². The first-order chi connectivity index (χ1) is 10.1. The van der Waals surface area contributed by atoms with Gasteiger partial charge in [0.1, 0.15) is 5.60 Å². The molecule has 0 aromatic heterocycles. The van der Waals surface area contributed by atoms with Gasteiger partial charge in [0.25, 0.3) is 0 Å². The van der Waals surface area contributed by atoms with Crippen molar-refractivity contribution in [2.24, 2.45) is 0 Å². The van der Waals surface area contributed by atoms with E-state index in [1.807, 2.05) is 27.7 Å². The molecule has 0 bridgehead atoms. The van der Waals surface area contributed by atoms with E-state index in [-0.39, 0.29) is 10.0 Å². The van der Waals surface area contributed by atoms with Crippen LogP contribution in [0.15, 0.2) is 0 Å². The lowest BCUT2D eigenvalue weighted by Gasteiger charge is -2.52. The van der Waals surface area contributed by atoms with Crippen molar-refractivity contribution in [3.8, 4) is 0 Å². The van der Waals surface area contributed by atoms with E-state index in [1.54, 1.807) is 9.80 Å². The van der Waals surface area contributed by atoms with Crippen LogP contribution in [0.1, 0.15) is 47.5 Å². The van der Waals surface area contributed by atoms with Crippen LogP contribution in [0.2, 0.25) is 0 Å². The monoisotopic (exact) mass is 444 g/mol. The van der Waals surface area contributed by atoms with Gasteiger partial charge in [0, 0.05) is 23.6 Å². The maximum Gasteiger partial charge on any atom is 0.410 e. The Kier molecular flexibility index (Phi) is 6.80. The van der Waals surface area contributed by atoms with E-state index in [4.69, 9.17) is 16.3 Å². The lowest BCUT2D eigenvalue weighted by Crippen LogP contribution is -2.67. The highest BCUT2D eigenvalue weighted by Gasteiger charge is 2.48. The molecular formula is C15H26ClIN2O3. The minimum absolute atomic E-state index is 0.211. The van der Waals surface area contributed by atoms with Gasteiger partial charge in [0.05, 0.1) is 5.54 Å². The second-order valence-corrected chi connectivity index (χ2v) is 8.47. The van der Waals surface area contributed by atoms with E-state index in [1.165, 1.54) is 0 Å². The van der Waals surface area contributed by atoms with E-state index in [0.29, 0.717) is 19.6 Å². The lowest BCUT2D eigenvalue weighted by molar-refractivity contribution is -0.0104. The molecule has 1 aliphatic heterocycles. The Morgan fingerprint density at radius 2 is 1.91 bits per heavy atom. The second-order valence-electron chi connectivity index (χ2n) is 6.64. The maximum absolute atomic E-state index is 12.4. The summed E-state index contributed by atoms with van der Waals surface area (Å²) in [5.41, 5.74) is -0.969. The van der Waals surface area contributed by atoms with Gasteiger partial charge >= 0.3 is 11.5 Å². The van der Waals surface area contributed by atoms with Gasteiger partial charge < -0.3 is 14.5 Å². The predicted octanol–water partition coefficient (Wildman–Crippen LogP) is 4.26. The Hall–Kier alpha value is -0.240. The van der Waals surface area contributed by atoms with Gasteiger partial charge in [-0.3, -0.25) is 4.79 Å². The molecule has 0 saturated carbocycles. The molecule has 1 fully saturated rings. The standard InChI is InChI=1S/C15H26ClIN2O3/c1-6-11(17)15(7-2)10-18(8-9-19(15)12(16)20)13(21)22-14(3,4)5/h11H,6-10H2,1-5H3. The summed E-state index contributed by atoms with van der Waals surface area (Å²) in [4.78, 5) is 27.6. The molecule has 5 nitrogen and oxygen atoms in total. The van der Waals surface area contributed by atoms with Crippen LogP contribution in [0.5, 0.6) is 0 Å². The third-order valence-corrected chi connectivity index (χ3v) is 6.26. The molecule has 22 heavy (non-hydrogen) atoms. The summed E-state index contributed by atoms with van der Waals surface area (Å²) in [5, 5.41) is -0.444. The molecule has 0 spiro atoms. The zero-order valence-corrected chi connectivity index (χ0v) is 16.9. The SMILES string of the molecule is CCC(I)C1(CC)CN(C(=O)OC(C)(C)C)CCN1C(=O)Cl. The number of hydrogen-bond donors (Lipinski definition) is 0. The summed E-state index contributed by atoms with van der Waals surface area (Å²) in [5.74, 6) is 0. The first-order valence-electron chi connectivity index (χ1n) is 7.66. The summed E-state index contributed by atoms with van der Waals surface area (Å²) in [6.07, 6.45) is 1.32. The molecule has 2 atom stereocenters. The number of amides is 2. The third kappa shape index (κ3) is 4.40. The maximum atomic E-state index is 12.4. The fraction of sp³-hybridized carbons (Fsp3) is 0.867. The number of rotatable bonds is 3. The highest BCUT2D eigenvalue weighted by Crippen LogP contribution is 2.36. The van der Waals surface area contributed by atoms with Crippen molar-refractivity contribution in [2.75, 3.05) is 19.6 Å². The largest absolute Gasteiger partial charge is 0.444 e. The lowest BCUT2D eigenvalue weighted by atomic mass is 9.86.